The first-order valence-corrected chi connectivity index (χ1v) is 7.70. The van der Waals surface area contributed by atoms with Crippen LogP contribution in [-0.2, 0) is 4.79 Å². The third kappa shape index (κ3) is 2.39. The van der Waals surface area contributed by atoms with E-state index < -0.39 is 5.97 Å². The van der Waals surface area contributed by atoms with Crippen molar-refractivity contribution < 1.29 is 14.7 Å². The lowest BCUT2D eigenvalue weighted by atomic mass is 10.3. The summed E-state index contributed by atoms with van der Waals surface area (Å²) in [5.41, 5.74) is 0.932. The molecule has 0 unspecified atom stereocenters. The number of rotatable bonds is 5. The Balaban J connectivity index is 1.71. The molecule has 2 N–H and O–H groups in total. The molecule has 0 atom stereocenters. The van der Waals surface area contributed by atoms with E-state index in [-0.39, 0.29) is 12.3 Å². The Morgan fingerprint density at radius 3 is 3.10 bits per heavy atom. The van der Waals surface area contributed by atoms with Gasteiger partial charge in [-0.15, -0.1) is 22.7 Å². The molecule has 8 heteroatoms. The molecule has 20 heavy (non-hydrogen) atoms. The first-order chi connectivity index (χ1) is 9.65. The summed E-state index contributed by atoms with van der Waals surface area (Å²) >= 11 is 2.90. The summed E-state index contributed by atoms with van der Waals surface area (Å²) in [5.74, 6) is -1.03. The second-order valence-corrected chi connectivity index (χ2v) is 6.13. The SMILES string of the molecule is O=C(O)CCCNC(=O)c1cc2c(nc3sccn32)s1. The fraction of sp³-hybridized carbons (Fsp3) is 0.250. The number of aliphatic carboxylic acids is 1. The zero-order chi connectivity index (χ0) is 14.1. The standard InChI is InChI=1S/C12H11N3O3S2/c16-9(17)2-1-3-13-10(18)8-6-7-11(20-8)14-12-15(7)4-5-19-12/h4-6H,1-3H2,(H,13,18)(H,16,17). The quantitative estimate of drug-likeness (QED) is 0.708. The average molecular weight is 309 g/mol. The highest BCUT2D eigenvalue weighted by Gasteiger charge is 2.14. The van der Waals surface area contributed by atoms with Gasteiger partial charge in [0.25, 0.3) is 5.91 Å². The van der Waals surface area contributed by atoms with Gasteiger partial charge in [-0.05, 0) is 12.5 Å². The zero-order valence-corrected chi connectivity index (χ0v) is 12.0. The van der Waals surface area contributed by atoms with Gasteiger partial charge < -0.3 is 10.4 Å². The Morgan fingerprint density at radius 1 is 1.45 bits per heavy atom. The Morgan fingerprint density at radius 2 is 2.30 bits per heavy atom. The molecule has 1 amide bonds. The van der Waals surface area contributed by atoms with Crippen molar-refractivity contribution in [1.82, 2.24) is 14.7 Å². The van der Waals surface area contributed by atoms with Gasteiger partial charge in [-0.25, -0.2) is 4.98 Å². The highest BCUT2D eigenvalue weighted by Crippen LogP contribution is 2.28. The van der Waals surface area contributed by atoms with Crippen molar-refractivity contribution in [2.24, 2.45) is 0 Å². The molecule has 0 bridgehead atoms. The summed E-state index contributed by atoms with van der Waals surface area (Å²) < 4.78 is 1.96. The van der Waals surface area contributed by atoms with Gasteiger partial charge in [0.1, 0.15) is 4.83 Å². The van der Waals surface area contributed by atoms with Crippen LogP contribution in [0.1, 0.15) is 22.5 Å². The van der Waals surface area contributed by atoms with Crippen LogP contribution in [0.4, 0.5) is 0 Å². The smallest absolute Gasteiger partial charge is 0.303 e. The summed E-state index contributed by atoms with van der Waals surface area (Å²) in [7, 11) is 0. The molecule has 0 spiro atoms. The largest absolute Gasteiger partial charge is 0.481 e. The Hall–Kier alpha value is -1.93. The lowest BCUT2D eigenvalue weighted by molar-refractivity contribution is -0.137. The molecule has 104 valence electrons. The van der Waals surface area contributed by atoms with E-state index in [4.69, 9.17) is 5.11 Å². The van der Waals surface area contributed by atoms with E-state index in [1.54, 1.807) is 11.3 Å². The lowest BCUT2D eigenvalue weighted by Gasteiger charge is -2.01. The Bertz CT molecular complexity index is 786. The summed E-state index contributed by atoms with van der Waals surface area (Å²) in [6, 6.07) is 1.82. The highest BCUT2D eigenvalue weighted by atomic mass is 32.1. The topological polar surface area (TPSA) is 83.7 Å². The molecule has 3 rings (SSSR count). The maximum absolute atomic E-state index is 11.9. The molecule has 6 nitrogen and oxygen atoms in total. The van der Waals surface area contributed by atoms with Crippen LogP contribution >= 0.6 is 22.7 Å². The molecule has 3 aromatic heterocycles. The molecule has 0 aliphatic heterocycles. The second-order valence-electron chi connectivity index (χ2n) is 4.22. The molecular formula is C12H11N3O3S2. The van der Waals surface area contributed by atoms with Crippen LogP contribution in [0.2, 0.25) is 0 Å². The van der Waals surface area contributed by atoms with Crippen LogP contribution in [-0.4, -0.2) is 32.9 Å². The average Bonchev–Trinajstić information content (AvgIpc) is 3.04. The van der Waals surface area contributed by atoms with Crippen molar-refractivity contribution in [3.8, 4) is 0 Å². The van der Waals surface area contributed by atoms with E-state index in [9.17, 15) is 9.59 Å². The number of thiophene rings is 1. The molecule has 0 radical (unpaired) electrons. The van der Waals surface area contributed by atoms with E-state index in [1.807, 2.05) is 22.0 Å². The molecule has 3 aromatic rings. The predicted octanol–water partition coefficient (Wildman–Crippen LogP) is 2.21. The number of hydrogen-bond donors (Lipinski definition) is 2. The Kier molecular flexibility index (Phi) is 3.41. The van der Waals surface area contributed by atoms with E-state index in [1.165, 1.54) is 11.3 Å². The fourth-order valence-corrected chi connectivity index (χ4v) is 3.60. The number of amides is 1. The minimum Gasteiger partial charge on any atom is -0.481 e. The number of imidazole rings is 1. The van der Waals surface area contributed by atoms with Gasteiger partial charge in [0.05, 0.1) is 10.4 Å². The summed E-state index contributed by atoms with van der Waals surface area (Å²) in [4.78, 5) is 29.1. The predicted molar refractivity (Wildman–Crippen MR) is 77.7 cm³/mol. The van der Waals surface area contributed by atoms with Gasteiger partial charge in [-0.3, -0.25) is 14.0 Å². The fourth-order valence-electron chi connectivity index (χ4n) is 1.89. The number of nitrogens with one attached hydrogen (secondary N) is 1. The summed E-state index contributed by atoms with van der Waals surface area (Å²) in [6.45, 7) is 0.363. The number of thiazole rings is 1. The number of carbonyl (C=O) groups is 2. The molecule has 3 heterocycles. The number of aromatic nitrogens is 2. The number of carbonyl (C=O) groups excluding carboxylic acids is 1. The third-order valence-corrected chi connectivity index (χ3v) is 4.59. The first-order valence-electron chi connectivity index (χ1n) is 6.00. The van der Waals surface area contributed by atoms with Crippen LogP contribution in [0.3, 0.4) is 0 Å². The second kappa shape index (κ2) is 5.22. The van der Waals surface area contributed by atoms with E-state index >= 15 is 0 Å². The maximum atomic E-state index is 11.9. The number of carboxylic acids is 1. The lowest BCUT2D eigenvalue weighted by Crippen LogP contribution is -2.23. The van der Waals surface area contributed by atoms with Crippen molar-refractivity contribution in [1.29, 1.82) is 0 Å². The van der Waals surface area contributed by atoms with Crippen molar-refractivity contribution in [2.75, 3.05) is 6.54 Å². The number of fused-ring (bicyclic) bond motifs is 3. The van der Waals surface area contributed by atoms with Gasteiger partial charge in [-0.2, -0.15) is 0 Å². The molecule has 0 saturated carbocycles. The number of nitrogens with zero attached hydrogens (tertiary/aromatic N) is 2. The molecule has 0 aliphatic rings. The summed E-state index contributed by atoms with van der Waals surface area (Å²) in [6.07, 6.45) is 2.42. The molecule has 0 aromatic carbocycles. The van der Waals surface area contributed by atoms with Gasteiger partial charge in [0, 0.05) is 24.5 Å². The van der Waals surface area contributed by atoms with Crippen LogP contribution < -0.4 is 5.32 Å². The molecule has 0 saturated heterocycles. The van der Waals surface area contributed by atoms with E-state index in [2.05, 4.69) is 10.3 Å². The normalized spacial score (nSPS) is 11.2. The van der Waals surface area contributed by atoms with Crippen molar-refractivity contribution in [3.05, 3.63) is 22.5 Å². The van der Waals surface area contributed by atoms with Crippen LogP contribution in [0, 0.1) is 0 Å². The molecule has 0 fully saturated rings. The van der Waals surface area contributed by atoms with E-state index in [0.29, 0.717) is 17.8 Å². The molecular weight excluding hydrogens is 298 g/mol. The van der Waals surface area contributed by atoms with E-state index in [0.717, 1.165) is 15.3 Å². The van der Waals surface area contributed by atoms with Crippen molar-refractivity contribution in [2.45, 2.75) is 12.8 Å². The van der Waals surface area contributed by atoms with Crippen LogP contribution in [0.25, 0.3) is 15.3 Å². The monoisotopic (exact) mass is 309 g/mol. The van der Waals surface area contributed by atoms with Crippen LogP contribution in [0.5, 0.6) is 0 Å². The zero-order valence-electron chi connectivity index (χ0n) is 10.3. The van der Waals surface area contributed by atoms with Gasteiger partial charge in [0.2, 0.25) is 0 Å². The number of carboxylic acid groups (broad SMARTS) is 1. The highest BCUT2D eigenvalue weighted by molar-refractivity contribution is 7.21. The van der Waals surface area contributed by atoms with Gasteiger partial charge in [0.15, 0.2) is 4.96 Å². The first kappa shape index (κ1) is 13.1. The number of hydrogen-bond acceptors (Lipinski definition) is 5. The minimum absolute atomic E-state index is 0.0602. The van der Waals surface area contributed by atoms with Gasteiger partial charge in [-0.1, -0.05) is 0 Å². The maximum Gasteiger partial charge on any atom is 0.303 e. The third-order valence-electron chi connectivity index (χ3n) is 2.82. The van der Waals surface area contributed by atoms with Crippen molar-refractivity contribution >= 4 is 49.9 Å². The molecule has 0 aliphatic carbocycles. The van der Waals surface area contributed by atoms with Gasteiger partial charge >= 0.3 is 5.97 Å². The van der Waals surface area contributed by atoms with Crippen molar-refractivity contribution in [3.63, 3.8) is 0 Å². The van der Waals surface area contributed by atoms with Crippen LogP contribution in [0.15, 0.2) is 17.6 Å². The Labute approximate surface area is 121 Å². The minimum atomic E-state index is -0.852. The summed E-state index contributed by atoms with van der Waals surface area (Å²) in [5, 5.41) is 13.2.